The first kappa shape index (κ1) is 25.0. The van der Waals surface area contributed by atoms with Crippen molar-refractivity contribution >= 4 is 11.6 Å². The van der Waals surface area contributed by atoms with Crippen LogP contribution in [0.2, 0.25) is 0 Å². The summed E-state index contributed by atoms with van der Waals surface area (Å²) in [5.74, 6) is 0.175. The third-order valence-electron chi connectivity index (χ3n) is 4.78. The van der Waals surface area contributed by atoms with Gasteiger partial charge in [0.25, 0.3) is 11.8 Å². The normalized spacial score (nSPS) is 11.4. The Hall–Kier alpha value is -3.67. The number of alkyl halides is 3. The van der Waals surface area contributed by atoms with Gasteiger partial charge in [0.2, 0.25) is 0 Å². The van der Waals surface area contributed by atoms with Gasteiger partial charge in [-0.3, -0.25) is 19.3 Å². The Labute approximate surface area is 194 Å². The number of hydrogen-bond donors (Lipinski definition) is 0. The fourth-order valence-electron chi connectivity index (χ4n) is 3.38. The van der Waals surface area contributed by atoms with Gasteiger partial charge >= 0.3 is 6.18 Å². The highest BCUT2D eigenvalue weighted by molar-refractivity contribution is 6.06. The maximum absolute atomic E-state index is 13.4. The number of nitrogens with zero attached hydrogens (tertiary/aromatic N) is 5. The average Bonchev–Trinajstić information content (AvgIpc) is 3.22. The number of ether oxygens (including phenoxy) is 2. The molecular weight excluding hydrogens is 455 g/mol. The van der Waals surface area contributed by atoms with Crippen molar-refractivity contribution in [2.24, 2.45) is 0 Å². The number of rotatable bonds is 8. The summed E-state index contributed by atoms with van der Waals surface area (Å²) in [6.07, 6.45) is -0.634. The van der Waals surface area contributed by atoms with E-state index in [0.29, 0.717) is 38.8 Å². The van der Waals surface area contributed by atoms with E-state index in [-0.39, 0.29) is 17.9 Å². The van der Waals surface area contributed by atoms with Gasteiger partial charge in [-0.25, -0.2) is 4.98 Å². The van der Waals surface area contributed by atoms with Crippen molar-refractivity contribution in [1.29, 1.82) is 0 Å². The van der Waals surface area contributed by atoms with E-state index in [1.807, 2.05) is 0 Å². The van der Waals surface area contributed by atoms with Crippen LogP contribution in [0.4, 0.5) is 18.9 Å². The summed E-state index contributed by atoms with van der Waals surface area (Å²) in [5.41, 5.74) is 2.54. The third-order valence-corrected chi connectivity index (χ3v) is 4.78. The lowest BCUT2D eigenvalue weighted by molar-refractivity contribution is -0.142. The standard InChI is InChI=1S/C22H24F3N5O4/c1-6-34-30(16-10-27-29(11-16)12-22(23,24)25)21(31)19-13(2)7-17(28-14(19)3)15-8-18(32-4)20(33-5)26-9-15/h7-11H,6,12H2,1-5H3. The summed E-state index contributed by atoms with van der Waals surface area (Å²) in [5, 5.41) is 4.61. The second kappa shape index (κ2) is 10.1. The van der Waals surface area contributed by atoms with Gasteiger partial charge in [0.05, 0.1) is 50.2 Å². The van der Waals surface area contributed by atoms with Gasteiger partial charge in [-0.05, 0) is 38.5 Å². The highest BCUT2D eigenvalue weighted by Gasteiger charge is 2.30. The lowest BCUT2D eigenvalue weighted by Gasteiger charge is -2.21. The molecular formula is C22H24F3N5O4. The average molecular weight is 479 g/mol. The monoisotopic (exact) mass is 479 g/mol. The van der Waals surface area contributed by atoms with Crippen LogP contribution in [-0.4, -0.2) is 52.7 Å². The van der Waals surface area contributed by atoms with Crippen molar-refractivity contribution in [3.05, 3.63) is 47.5 Å². The molecule has 0 bridgehead atoms. The molecule has 34 heavy (non-hydrogen) atoms. The zero-order valence-electron chi connectivity index (χ0n) is 19.3. The topological polar surface area (TPSA) is 91.6 Å². The number of hydroxylamine groups is 1. The summed E-state index contributed by atoms with van der Waals surface area (Å²) in [6, 6.07) is 3.43. The SMILES string of the molecule is CCON(C(=O)c1c(C)cc(-c2cnc(OC)c(OC)c2)nc1C)c1cnn(CC(F)(F)F)c1. The van der Waals surface area contributed by atoms with Gasteiger partial charge < -0.3 is 9.47 Å². The van der Waals surface area contributed by atoms with Gasteiger partial charge in [-0.1, -0.05) is 0 Å². The van der Waals surface area contributed by atoms with Crippen LogP contribution in [0.1, 0.15) is 28.5 Å². The van der Waals surface area contributed by atoms with Crippen LogP contribution in [0.3, 0.4) is 0 Å². The number of amides is 1. The molecule has 0 aliphatic carbocycles. The van der Waals surface area contributed by atoms with Crippen LogP contribution in [0, 0.1) is 13.8 Å². The molecule has 0 atom stereocenters. The van der Waals surface area contributed by atoms with Gasteiger partial charge in [0.1, 0.15) is 12.2 Å². The van der Waals surface area contributed by atoms with Crippen molar-refractivity contribution in [1.82, 2.24) is 19.7 Å². The van der Waals surface area contributed by atoms with E-state index in [0.717, 1.165) is 17.5 Å². The molecule has 0 saturated heterocycles. The smallest absolute Gasteiger partial charge is 0.408 e. The Balaban J connectivity index is 1.96. The first-order valence-electron chi connectivity index (χ1n) is 10.2. The number of carbonyl (C=O) groups excluding carboxylic acids is 1. The zero-order valence-corrected chi connectivity index (χ0v) is 19.3. The Morgan fingerprint density at radius 2 is 1.88 bits per heavy atom. The lowest BCUT2D eigenvalue weighted by atomic mass is 10.0. The first-order chi connectivity index (χ1) is 16.1. The second-order valence-electron chi connectivity index (χ2n) is 7.25. The highest BCUT2D eigenvalue weighted by atomic mass is 19.4. The first-order valence-corrected chi connectivity index (χ1v) is 10.2. The van der Waals surface area contributed by atoms with Gasteiger partial charge in [0.15, 0.2) is 5.75 Å². The van der Waals surface area contributed by atoms with E-state index >= 15 is 0 Å². The Bertz CT molecular complexity index is 1160. The van der Waals surface area contributed by atoms with Gasteiger partial charge in [-0.2, -0.15) is 23.3 Å². The molecule has 0 fully saturated rings. The van der Waals surface area contributed by atoms with Gasteiger partial charge in [-0.15, -0.1) is 0 Å². The maximum atomic E-state index is 13.4. The molecule has 0 aromatic carbocycles. The highest BCUT2D eigenvalue weighted by Crippen LogP contribution is 2.31. The van der Waals surface area contributed by atoms with Crippen molar-refractivity contribution in [2.75, 3.05) is 25.9 Å². The van der Waals surface area contributed by atoms with Crippen molar-refractivity contribution in [3.8, 4) is 22.9 Å². The van der Waals surface area contributed by atoms with Crippen molar-refractivity contribution in [2.45, 2.75) is 33.5 Å². The molecule has 182 valence electrons. The second-order valence-corrected chi connectivity index (χ2v) is 7.25. The number of hydrogen-bond acceptors (Lipinski definition) is 7. The number of aryl methyl sites for hydroxylation is 2. The molecule has 0 radical (unpaired) electrons. The van der Waals surface area contributed by atoms with E-state index < -0.39 is 18.6 Å². The maximum Gasteiger partial charge on any atom is 0.408 e. The Morgan fingerprint density at radius 3 is 2.47 bits per heavy atom. The van der Waals surface area contributed by atoms with Crippen LogP contribution in [0.15, 0.2) is 30.7 Å². The minimum Gasteiger partial charge on any atom is -0.491 e. The summed E-state index contributed by atoms with van der Waals surface area (Å²) in [7, 11) is 2.97. The number of aromatic nitrogens is 4. The van der Waals surface area contributed by atoms with Crippen LogP contribution in [-0.2, 0) is 11.4 Å². The van der Waals surface area contributed by atoms with Crippen molar-refractivity contribution in [3.63, 3.8) is 0 Å². The molecule has 0 spiro atoms. The minimum absolute atomic E-state index is 0.0723. The van der Waals surface area contributed by atoms with Crippen LogP contribution in [0.5, 0.6) is 11.6 Å². The lowest BCUT2D eigenvalue weighted by Crippen LogP contribution is -2.32. The predicted octanol–water partition coefficient (Wildman–Crippen LogP) is 4.13. The number of methoxy groups -OCH3 is 2. The molecule has 3 aromatic rings. The van der Waals surface area contributed by atoms with Crippen LogP contribution >= 0.6 is 0 Å². The fourth-order valence-corrected chi connectivity index (χ4v) is 3.38. The van der Waals surface area contributed by atoms with E-state index in [1.165, 1.54) is 14.2 Å². The molecule has 0 saturated carbocycles. The molecule has 1 amide bonds. The Morgan fingerprint density at radius 1 is 1.15 bits per heavy atom. The van der Waals surface area contributed by atoms with Crippen LogP contribution in [0.25, 0.3) is 11.3 Å². The summed E-state index contributed by atoms with van der Waals surface area (Å²) < 4.78 is 49.2. The molecule has 3 rings (SSSR count). The molecule has 0 aliphatic rings. The number of anilines is 1. The third kappa shape index (κ3) is 5.45. The predicted molar refractivity (Wildman–Crippen MR) is 117 cm³/mol. The van der Waals surface area contributed by atoms with Crippen molar-refractivity contribution < 1.29 is 32.3 Å². The van der Waals surface area contributed by atoms with Crippen LogP contribution < -0.4 is 14.5 Å². The van der Waals surface area contributed by atoms with E-state index in [1.54, 1.807) is 39.1 Å². The summed E-state index contributed by atoms with van der Waals surface area (Å²) in [4.78, 5) is 27.6. The van der Waals surface area contributed by atoms with E-state index in [9.17, 15) is 18.0 Å². The largest absolute Gasteiger partial charge is 0.491 e. The minimum atomic E-state index is -4.45. The molecule has 0 N–H and O–H groups in total. The molecule has 12 heteroatoms. The molecule has 9 nitrogen and oxygen atoms in total. The Kier molecular flexibility index (Phi) is 7.40. The van der Waals surface area contributed by atoms with E-state index in [4.69, 9.17) is 14.3 Å². The summed E-state index contributed by atoms with van der Waals surface area (Å²) in [6.45, 7) is 3.88. The van der Waals surface area contributed by atoms with E-state index in [2.05, 4.69) is 15.1 Å². The molecule has 3 aromatic heterocycles. The van der Waals surface area contributed by atoms with Gasteiger partial charge in [0, 0.05) is 11.8 Å². The summed E-state index contributed by atoms with van der Waals surface area (Å²) >= 11 is 0. The number of carbonyl (C=O) groups is 1. The fraction of sp³-hybridized carbons (Fsp3) is 0.364. The molecule has 3 heterocycles. The number of pyridine rings is 2. The zero-order chi connectivity index (χ0) is 25.0. The molecule has 0 aliphatic heterocycles. The molecule has 0 unspecified atom stereocenters. The number of halogens is 3. The quantitative estimate of drug-likeness (QED) is 0.449.